The lowest BCUT2D eigenvalue weighted by molar-refractivity contribution is -0.114. The van der Waals surface area contributed by atoms with Crippen LogP contribution in [-0.2, 0) is 15.0 Å². The molecule has 2 rings (SSSR count). The van der Waals surface area contributed by atoms with Crippen molar-refractivity contribution in [3.8, 4) is 0 Å². The number of nitrogens with one attached hydrogen (secondary N) is 1. The molecule has 6 nitrogen and oxygen atoms in total. The van der Waals surface area contributed by atoms with Crippen LogP contribution in [0.25, 0.3) is 0 Å². The monoisotopic (exact) mass is 389 g/mol. The summed E-state index contributed by atoms with van der Waals surface area (Å²) in [6.07, 6.45) is 0. The van der Waals surface area contributed by atoms with Crippen LogP contribution >= 0.6 is 0 Å². The van der Waals surface area contributed by atoms with Crippen molar-refractivity contribution < 1.29 is 13.2 Å². The van der Waals surface area contributed by atoms with Crippen LogP contribution in [-0.4, -0.2) is 39.3 Å². The second kappa shape index (κ2) is 8.10. The van der Waals surface area contributed by atoms with E-state index in [0.29, 0.717) is 11.4 Å². The Labute approximate surface area is 162 Å². The Bertz CT molecular complexity index is 953. The highest BCUT2D eigenvalue weighted by atomic mass is 32.2. The first kappa shape index (κ1) is 20.9. The molecule has 1 amide bonds. The van der Waals surface area contributed by atoms with Crippen LogP contribution in [0.1, 0.15) is 22.3 Å². The smallest absolute Gasteiger partial charge is 0.304 e. The predicted molar refractivity (Wildman–Crippen MR) is 110 cm³/mol. The van der Waals surface area contributed by atoms with Gasteiger partial charge in [-0.25, -0.2) is 4.31 Å². The standard InChI is InChI=1S/C20H27N3O3S/c1-14-7-9-16(3)18(11-14)21-20(24)13-23(27(25,26)22(5)6)19-12-15(2)8-10-17(19)4/h7-12H,13H2,1-6H3,(H,21,24). The van der Waals surface area contributed by atoms with Crippen molar-refractivity contribution in [3.63, 3.8) is 0 Å². The van der Waals surface area contributed by atoms with Gasteiger partial charge in [-0.05, 0) is 62.1 Å². The zero-order valence-electron chi connectivity index (χ0n) is 16.7. The fourth-order valence-corrected chi connectivity index (χ4v) is 3.79. The summed E-state index contributed by atoms with van der Waals surface area (Å²) in [4.78, 5) is 12.7. The summed E-state index contributed by atoms with van der Waals surface area (Å²) in [5, 5.41) is 2.83. The van der Waals surface area contributed by atoms with Gasteiger partial charge in [0.2, 0.25) is 5.91 Å². The maximum atomic E-state index is 12.9. The van der Waals surface area contributed by atoms with Gasteiger partial charge in [0.1, 0.15) is 6.54 Å². The fraction of sp³-hybridized carbons (Fsp3) is 0.350. The molecule has 27 heavy (non-hydrogen) atoms. The molecule has 0 spiro atoms. The molecule has 0 unspecified atom stereocenters. The van der Waals surface area contributed by atoms with Crippen LogP contribution in [0.3, 0.4) is 0 Å². The van der Waals surface area contributed by atoms with Gasteiger partial charge < -0.3 is 5.32 Å². The van der Waals surface area contributed by atoms with Gasteiger partial charge in [0.25, 0.3) is 0 Å². The summed E-state index contributed by atoms with van der Waals surface area (Å²) in [7, 11) is -0.922. The van der Waals surface area contributed by atoms with E-state index in [0.717, 1.165) is 30.9 Å². The van der Waals surface area contributed by atoms with Crippen molar-refractivity contribution in [2.45, 2.75) is 27.7 Å². The molecule has 2 aromatic carbocycles. The van der Waals surface area contributed by atoms with Crippen LogP contribution in [0.15, 0.2) is 36.4 Å². The van der Waals surface area contributed by atoms with Gasteiger partial charge in [0.15, 0.2) is 0 Å². The van der Waals surface area contributed by atoms with Crippen molar-refractivity contribution in [1.29, 1.82) is 0 Å². The van der Waals surface area contributed by atoms with Crippen molar-refractivity contribution in [3.05, 3.63) is 58.7 Å². The molecule has 0 aromatic heterocycles. The number of carbonyl (C=O) groups excluding carboxylic acids is 1. The molecule has 7 heteroatoms. The van der Waals surface area contributed by atoms with E-state index < -0.39 is 16.1 Å². The average molecular weight is 390 g/mol. The van der Waals surface area contributed by atoms with Gasteiger partial charge >= 0.3 is 10.2 Å². The summed E-state index contributed by atoms with van der Waals surface area (Å²) in [6, 6.07) is 11.3. The molecule has 0 bridgehead atoms. The minimum absolute atomic E-state index is 0.307. The van der Waals surface area contributed by atoms with E-state index in [1.165, 1.54) is 14.1 Å². The first-order valence-corrected chi connectivity index (χ1v) is 10.1. The number of amides is 1. The number of rotatable bonds is 6. The van der Waals surface area contributed by atoms with Crippen LogP contribution < -0.4 is 9.62 Å². The van der Waals surface area contributed by atoms with Gasteiger partial charge in [0, 0.05) is 19.8 Å². The van der Waals surface area contributed by atoms with Crippen LogP contribution in [0.4, 0.5) is 11.4 Å². The maximum Gasteiger partial charge on any atom is 0.304 e. The highest BCUT2D eigenvalue weighted by Gasteiger charge is 2.28. The van der Waals surface area contributed by atoms with E-state index in [9.17, 15) is 13.2 Å². The normalized spacial score (nSPS) is 11.5. The highest BCUT2D eigenvalue weighted by Crippen LogP contribution is 2.25. The third-order valence-corrected chi connectivity index (χ3v) is 6.13. The summed E-state index contributed by atoms with van der Waals surface area (Å²) >= 11 is 0. The number of nitrogens with zero attached hydrogens (tertiary/aromatic N) is 2. The summed E-state index contributed by atoms with van der Waals surface area (Å²) in [5.74, 6) is -0.393. The second-order valence-corrected chi connectivity index (χ2v) is 9.02. The molecule has 0 saturated carbocycles. The van der Waals surface area contributed by atoms with E-state index in [1.807, 2.05) is 58.0 Å². The summed E-state index contributed by atoms with van der Waals surface area (Å²) in [6.45, 7) is 7.25. The van der Waals surface area contributed by atoms with Crippen molar-refractivity contribution in [2.24, 2.45) is 0 Å². The SMILES string of the molecule is Cc1ccc(C)c(NC(=O)CN(c2cc(C)ccc2C)S(=O)(=O)N(C)C)c1. The van der Waals surface area contributed by atoms with Crippen LogP contribution in [0, 0.1) is 27.7 Å². The minimum atomic E-state index is -3.83. The molecular formula is C20H27N3O3S. The van der Waals surface area contributed by atoms with Crippen LogP contribution in [0.5, 0.6) is 0 Å². The zero-order valence-corrected chi connectivity index (χ0v) is 17.5. The number of anilines is 2. The van der Waals surface area contributed by atoms with E-state index in [4.69, 9.17) is 0 Å². The van der Waals surface area contributed by atoms with E-state index in [-0.39, 0.29) is 6.54 Å². The molecule has 146 valence electrons. The Morgan fingerprint density at radius 2 is 1.48 bits per heavy atom. The summed E-state index contributed by atoms with van der Waals surface area (Å²) < 4.78 is 28.0. The van der Waals surface area contributed by atoms with E-state index in [1.54, 1.807) is 6.07 Å². The van der Waals surface area contributed by atoms with Gasteiger partial charge in [0.05, 0.1) is 5.69 Å². The fourth-order valence-electron chi connectivity index (χ4n) is 2.67. The first-order valence-electron chi connectivity index (χ1n) is 8.67. The molecule has 0 aliphatic heterocycles. The number of aryl methyl sites for hydroxylation is 4. The first-order chi connectivity index (χ1) is 12.5. The molecule has 2 aromatic rings. The van der Waals surface area contributed by atoms with Gasteiger partial charge in [-0.3, -0.25) is 4.79 Å². The van der Waals surface area contributed by atoms with Gasteiger partial charge in [-0.1, -0.05) is 24.3 Å². The molecule has 0 aliphatic carbocycles. The molecule has 0 saturated heterocycles. The zero-order chi connectivity index (χ0) is 20.4. The average Bonchev–Trinajstić information content (AvgIpc) is 2.58. The predicted octanol–water partition coefficient (Wildman–Crippen LogP) is 3.17. The van der Waals surface area contributed by atoms with Gasteiger partial charge in [-0.15, -0.1) is 0 Å². The minimum Gasteiger partial charge on any atom is -0.324 e. The topological polar surface area (TPSA) is 69.7 Å². The second-order valence-electron chi connectivity index (χ2n) is 6.95. The molecule has 0 aliphatic rings. The van der Waals surface area contributed by atoms with E-state index in [2.05, 4.69) is 5.32 Å². The lowest BCUT2D eigenvalue weighted by Gasteiger charge is -2.28. The number of benzene rings is 2. The Hall–Kier alpha value is -2.38. The molecular weight excluding hydrogens is 362 g/mol. The largest absolute Gasteiger partial charge is 0.324 e. The highest BCUT2D eigenvalue weighted by molar-refractivity contribution is 7.90. The van der Waals surface area contributed by atoms with Crippen LogP contribution in [0.2, 0.25) is 0 Å². The van der Waals surface area contributed by atoms with Crippen molar-refractivity contribution in [1.82, 2.24) is 4.31 Å². The van der Waals surface area contributed by atoms with E-state index >= 15 is 0 Å². The maximum absolute atomic E-state index is 12.9. The molecule has 0 atom stereocenters. The van der Waals surface area contributed by atoms with Gasteiger partial charge in [-0.2, -0.15) is 12.7 Å². The molecule has 1 N–H and O–H groups in total. The summed E-state index contributed by atoms with van der Waals surface area (Å²) in [5.41, 5.74) is 4.82. The Kier molecular flexibility index (Phi) is 6.28. The molecule has 0 heterocycles. The number of hydrogen-bond acceptors (Lipinski definition) is 3. The molecule has 0 radical (unpaired) electrons. The van der Waals surface area contributed by atoms with Crippen molar-refractivity contribution >= 4 is 27.5 Å². The Morgan fingerprint density at radius 1 is 0.926 bits per heavy atom. The molecule has 0 fully saturated rings. The quantitative estimate of drug-likeness (QED) is 0.825. The third kappa shape index (κ3) is 4.87. The van der Waals surface area contributed by atoms with Crippen molar-refractivity contribution in [2.75, 3.05) is 30.3 Å². The Balaban J connectivity index is 2.39. The Morgan fingerprint density at radius 3 is 2.07 bits per heavy atom. The lowest BCUT2D eigenvalue weighted by Crippen LogP contribution is -2.44. The lowest BCUT2D eigenvalue weighted by atomic mass is 10.1. The number of hydrogen-bond donors (Lipinski definition) is 1. The third-order valence-electron chi connectivity index (χ3n) is 4.33. The number of carbonyl (C=O) groups is 1.